The van der Waals surface area contributed by atoms with Crippen molar-refractivity contribution in [3.8, 4) is 0 Å². The molecular formula is C22H24N2O. The summed E-state index contributed by atoms with van der Waals surface area (Å²) < 4.78 is 0. The number of nitrogens with one attached hydrogen (secondary N) is 2. The number of amides is 1. The van der Waals surface area contributed by atoms with Gasteiger partial charge < -0.3 is 10.3 Å². The van der Waals surface area contributed by atoms with Gasteiger partial charge in [-0.05, 0) is 61.9 Å². The minimum atomic E-state index is 0.0658. The van der Waals surface area contributed by atoms with E-state index in [-0.39, 0.29) is 11.8 Å². The van der Waals surface area contributed by atoms with Gasteiger partial charge in [-0.1, -0.05) is 35.9 Å². The molecule has 1 unspecified atom stereocenters. The van der Waals surface area contributed by atoms with Crippen LogP contribution in [-0.2, 0) is 24.2 Å². The van der Waals surface area contributed by atoms with Gasteiger partial charge in [0.05, 0.1) is 0 Å². The molecule has 0 saturated heterocycles. The van der Waals surface area contributed by atoms with Gasteiger partial charge in [0.1, 0.15) is 0 Å². The molecule has 0 saturated carbocycles. The van der Waals surface area contributed by atoms with E-state index in [2.05, 4.69) is 54.5 Å². The Morgan fingerprint density at radius 1 is 1.20 bits per heavy atom. The van der Waals surface area contributed by atoms with E-state index >= 15 is 0 Å². The molecule has 3 heteroatoms. The van der Waals surface area contributed by atoms with E-state index in [4.69, 9.17) is 0 Å². The Kier molecular flexibility index (Phi) is 4.08. The summed E-state index contributed by atoms with van der Waals surface area (Å²) in [4.78, 5) is 16.2. The van der Waals surface area contributed by atoms with Crippen molar-refractivity contribution >= 4 is 16.8 Å². The van der Waals surface area contributed by atoms with Crippen LogP contribution in [0.15, 0.2) is 42.5 Å². The summed E-state index contributed by atoms with van der Waals surface area (Å²) in [7, 11) is 0. The molecular weight excluding hydrogens is 308 g/mol. The second-order valence-electron chi connectivity index (χ2n) is 7.22. The summed E-state index contributed by atoms with van der Waals surface area (Å²) in [5, 5.41) is 4.43. The van der Waals surface area contributed by atoms with Crippen molar-refractivity contribution in [1.29, 1.82) is 0 Å². The van der Waals surface area contributed by atoms with Crippen molar-refractivity contribution in [2.45, 2.75) is 39.7 Å². The molecule has 1 atom stereocenters. The first-order valence-corrected chi connectivity index (χ1v) is 9.04. The van der Waals surface area contributed by atoms with Crippen LogP contribution < -0.4 is 5.32 Å². The summed E-state index contributed by atoms with van der Waals surface area (Å²) in [6.45, 7) is 4.82. The smallest absolute Gasteiger partial charge is 0.223 e. The Balaban J connectivity index is 1.50. The molecule has 2 N–H and O–H groups in total. The monoisotopic (exact) mass is 332 g/mol. The summed E-state index contributed by atoms with van der Waals surface area (Å²) in [5.74, 6) is 0.243. The predicted molar refractivity (Wildman–Crippen MR) is 102 cm³/mol. The molecule has 3 nitrogen and oxygen atoms in total. The minimum Gasteiger partial charge on any atom is -0.358 e. The molecule has 0 radical (unpaired) electrons. The van der Waals surface area contributed by atoms with Gasteiger partial charge in [-0.15, -0.1) is 0 Å². The van der Waals surface area contributed by atoms with Crippen LogP contribution in [0.25, 0.3) is 10.9 Å². The van der Waals surface area contributed by atoms with Crippen LogP contribution in [0, 0.1) is 19.8 Å². The second-order valence-corrected chi connectivity index (χ2v) is 7.22. The molecule has 0 fully saturated rings. The molecule has 128 valence electrons. The molecule has 1 aliphatic rings. The average molecular weight is 332 g/mol. The fraction of sp³-hybridized carbons (Fsp3) is 0.318. The van der Waals surface area contributed by atoms with Crippen molar-refractivity contribution in [1.82, 2.24) is 10.3 Å². The number of rotatable bonds is 3. The molecule has 25 heavy (non-hydrogen) atoms. The Hall–Kier alpha value is -2.55. The first-order chi connectivity index (χ1) is 12.1. The third kappa shape index (κ3) is 3.07. The largest absolute Gasteiger partial charge is 0.358 e. The molecule has 0 aliphatic heterocycles. The normalized spacial score (nSPS) is 16.6. The van der Waals surface area contributed by atoms with E-state index in [0.717, 1.165) is 19.3 Å². The maximum Gasteiger partial charge on any atom is 0.223 e. The maximum atomic E-state index is 12.7. The van der Waals surface area contributed by atoms with Gasteiger partial charge >= 0.3 is 0 Å². The molecule has 0 spiro atoms. The van der Waals surface area contributed by atoms with Crippen LogP contribution in [0.4, 0.5) is 0 Å². The fourth-order valence-electron chi connectivity index (χ4n) is 3.89. The first-order valence-electron chi connectivity index (χ1n) is 9.04. The lowest BCUT2D eigenvalue weighted by atomic mass is 9.85. The number of benzene rings is 2. The van der Waals surface area contributed by atoms with Crippen molar-refractivity contribution in [2.24, 2.45) is 5.92 Å². The number of H-pyrrole nitrogens is 1. The van der Waals surface area contributed by atoms with Crippen LogP contribution >= 0.6 is 0 Å². The standard InChI is InChI=1S/C22H24N2O/c1-14-7-9-20-18(11-14)19-12-16(8-10-21(19)24-20)22(25)23-13-17-6-4-3-5-15(17)2/h3-7,9,11,16,24H,8,10,12-13H2,1-2H3,(H,23,25). The zero-order valence-corrected chi connectivity index (χ0v) is 14.9. The van der Waals surface area contributed by atoms with Crippen molar-refractivity contribution in [2.75, 3.05) is 0 Å². The number of carbonyl (C=O) groups is 1. The third-order valence-electron chi connectivity index (χ3n) is 5.43. The SMILES string of the molecule is Cc1ccc2[nH]c3c(c2c1)CC(C(=O)NCc1ccccc1C)CC3. The van der Waals surface area contributed by atoms with Gasteiger partial charge in [-0.3, -0.25) is 4.79 Å². The van der Waals surface area contributed by atoms with Crippen LogP contribution in [0.2, 0.25) is 0 Å². The van der Waals surface area contributed by atoms with Crippen molar-refractivity contribution in [3.05, 3.63) is 70.4 Å². The van der Waals surface area contributed by atoms with Crippen molar-refractivity contribution < 1.29 is 4.79 Å². The lowest BCUT2D eigenvalue weighted by Gasteiger charge is -2.22. The molecule has 1 aromatic heterocycles. The molecule has 1 amide bonds. The lowest BCUT2D eigenvalue weighted by Crippen LogP contribution is -2.33. The number of aromatic amines is 1. The highest BCUT2D eigenvalue weighted by atomic mass is 16.1. The highest BCUT2D eigenvalue weighted by Gasteiger charge is 2.27. The molecule has 3 aromatic rings. The summed E-state index contributed by atoms with van der Waals surface area (Å²) in [6, 6.07) is 14.7. The van der Waals surface area contributed by atoms with Crippen LogP contribution in [0.5, 0.6) is 0 Å². The Morgan fingerprint density at radius 2 is 2.04 bits per heavy atom. The van der Waals surface area contributed by atoms with Gasteiger partial charge in [0, 0.05) is 29.1 Å². The van der Waals surface area contributed by atoms with Crippen LogP contribution in [0.1, 0.15) is 34.4 Å². The number of fused-ring (bicyclic) bond motifs is 3. The van der Waals surface area contributed by atoms with Gasteiger partial charge in [0.25, 0.3) is 0 Å². The third-order valence-corrected chi connectivity index (χ3v) is 5.43. The molecule has 1 aliphatic carbocycles. The summed E-state index contributed by atoms with van der Waals surface area (Å²) >= 11 is 0. The Morgan fingerprint density at radius 3 is 2.88 bits per heavy atom. The Labute approximate surface area is 148 Å². The second kappa shape index (κ2) is 6.40. The number of hydrogen-bond donors (Lipinski definition) is 2. The lowest BCUT2D eigenvalue weighted by molar-refractivity contribution is -0.125. The van der Waals surface area contributed by atoms with E-state index in [0.29, 0.717) is 6.54 Å². The topological polar surface area (TPSA) is 44.9 Å². The maximum absolute atomic E-state index is 12.7. The van der Waals surface area contributed by atoms with Gasteiger partial charge in [0.2, 0.25) is 5.91 Å². The van der Waals surface area contributed by atoms with E-state index in [1.54, 1.807) is 0 Å². The van der Waals surface area contributed by atoms with E-state index < -0.39 is 0 Å². The molecule has 4 rings (SSSR count). The van der Waals surface area contributed by atoms with Crippen LogP contribution in [-0.4, -0.2) is 10.9 Å². The number of aryl methyl sites for hydroxylation is 3. The number of hydrogen-bond acceptors (Lipinski definition) is 1. The zero-order valence-electron chi connectivity index (χ0n) is 14.9. The number of carbonyl (C=O) groups excluding carboxylic acids is 1. The Bertz CT molecular complexity index is 938. The van der Waals surface area contributed by atoms with E-state index in [9.17, 15) is 4.79 Å². The van der Waals surface area contributed by atoms with E-state index in [1.165, 1.54) is 38.9 Å². The van der Waals surface area contributed by atoms with Crippen molar-refractivity contribution in [3.63, 3.8) is 0 Å². The van der Waals surface area contributed by atoms with Gasteiger partial charge in [-0.2, -0.15) is 0 Å². The highest BCUT2D eigenvalue weighted by molar-refractivity contribution is 5.87. The molecule has 2 aromatic carbocycles. The zero-order chi connectivity index (χ0) is 17.4. The molecule has 0 bridgehead atoms. The summed E-state index contributed by atoms with van der Waals surface area (Å²) in [5.41, 5.74) is 7.51. The quantitative estimate of drug-likeness (QED) is 0.741. The highest BCUT2D eigenvalue weighted by Crippen LogP contribution is 2.32. The first kappa shape index (κ1) is 15.9. The van der Waals surface area contributed by atoms with Gasteiger partial charge in [0.15, 0.2) is 0 Å². The van der Waals surface area contributed by atoms with Crippen LogP contribution in [0.3, 0.4) is 0 Å². The average Bonchev–Trinajstić information content (AvgIpc) is 2.98. The van der Waals surface area contributed by atoms with Gasteiger partial charge in [-0.25, -0.2) is 0 Å². The van der Waals surface area contributed by atoms with E-state index in [1.807, 2.05) is 12.1 Å². The molecule has 1 heterocycles. The minimum absolute atomic E-state index is 0.0658. The predicted octanol–water partition coefficient (Wildman–Crippen LogP) is 4.21. The summed E-state index contributed by atoms with van der Waals surface area (Å²) in [6.07, 6.45) is 2.70. The fourth-order valence-corrected chi connectivity index (χ4v) is 3.89. The number of aromatic nitrogens is 1.